The molecule has 0 spiro atoms. The van der Waals surface area contributed by atoms with Crippen LogP contribution in [0.15, 0.2) is 48.5 Å². The normalized spacial score (nSPS) is 20.8. The Morgan fingerprint density at radius 3 is 2.17 bits per heavy atom. The van der Waals surface area contributed by atoms with E-state index in [2.05, 4.69) is 19.1 Å². The summed E-state index contributed by atoms with van der Waals surface area (Å²) in [6.07, 6.45) is 0.375. The smallest absolute Gasteiger partial charge is 0.411 e. The monoisotopic (exact) mass is 392 g/mol. The number of carbonyl (C=O) groups excluding carboxylic acids is 2. The summed E-state index contributed by atoms with van der Waals surface area (Å²) < 4.78 is 5.62. The molecule has 0 saturated carbocycles. The molecule has 2 aliphatic heterocycles. The first-order chi connectivity index (χ1) is 13.7. The van der Waals surface area contributed by atoms with Crippen LogP contribution in [0.5, 0.6) is 0 Å². The quantitative estimate of drug-likeness (QED) is 0.720. The van der Waals surface area contributed by atoms with Crippen LogP contribution in [0.2, 0.25) is 0 Å². The third-order valence-electron chi connectivity index (χ3n) is 5.65. The second kappa shape index (κ2) is 7.21. The van der Waals surface area contributed by atoms with E-state index in [1.54, 1.807) is 4.90 Å². The molecule has 0 aliphatic carbocycles. The highest BCUT2D eigenvalue weighted by Crippen LogP contribution is 2.37. The number of hydrogen-bond donors (Lipinski definition) is 0. The Morgan fingerprint density at radius 1 is 0.897 bits per heavy atom. The van der Waals surface area contributed by atoms with Gasteiger partial charge in [0.1, 0.15) is 11.6 Å². The van der Waals surface area contributed by atoms with Gasteiger partial charge >= 0.3 is 6.09 Å². The molecule has 4 rings (SSSR count). The van der Waals surface area contributed by atoms with Gasteiger partial charge in [0.25, 0.3) is 5.91 Å². The molecule has 29 heavy (non-hydrogen) atoms. The molecular weight excluding hydrogens is 364 g/mol. The summed E-state index contributed by atoms with van der Waals surface area (Å²) in [5.41, 5.74) is 3.75. The van der Waals surface area contributed by atoms with Gasteiger partial charge in [-0.3, -0.25) is 9.69 Å². The Balaban J connectivity index is 1.66. The predicted octanol–water partition coefficient (Wildman–Crippen LogP) is 4.45. The van der Waals surface area contributed by atoms with Crippen molar-refractivity contribution in [2.24, 2.45) is 0 Å². The number of rotatable bonds is 1. The van der Waals surface area contributed by atoms with E-state index < -0.39 is 17.7 Å². The molecule has 0 saturated heterocycles. The Kier molecular flexibility index (Phi) is 4.85. The van der Waals surface area contributed by atoms with Gasteiger partial charge in [-0.15, -0.1) is 0 Å². The van der Waals surface area contributed by atoms with Crippen molar-refractivity contribution >= 4 is 12.0 Å². The average Bonchev–Trinajstić information content (AvgIpc) is 3.05. The van der Waals surface area contributed by atoms with E-state index >= 15 is 0 Å². The molecule has 5 heteroatoms. The van der Waals surface area contributed by atoms with E-state index in [4.69, 9.17) is 4.74 Å². The summed E-state index contributed by atoms with van der Waals surface area (Å²) in [5, 5.41) is 0. The third kappa shape index (κ3) is 3.74. The Bertz CT molecular complexity index is 947. The number of benzene rings is 2. The molecule has 0 fully saturated rings. The van der Waals surface area contributed by atoms with Crippen LogP contribution in [0.3, 0.4) is 0 Å². The lowest BCUT2D eigenvalue weighted by Crippen LogP contribution is -2.48. The van der Waals surface area contributed by atoms with Crippen LogP contribution in [0.25, 0.3) is 0 Å². The van der Waals surface area contributed by atoms with Crippen LogP contribution in [0.1, 0.15) is 56.0 Å². The predicted molar refractivity (Wildman–Crippen MR) is 111 cm³/mol. The summed E-state index contributed by atoms with van der Waals surface area (Å²) in [6, 6.07) is 15.5. The largest absolute Gasteiger partial charge is 0.444 e. The lowest BCUT2D eigenvalue weighted by atomic mass is 9.93. The van der Waals surface area contributed by atoms with E-state index in [-0.39, 0.29) is 11.9 Å². The van der Waals surface area contributed by atoms with Crippen molar-refractivity contribution in [3.63, 3.8) is 0 Å². The molecule has 2 aromatic carbocycles. The molecule has 0 bridgehead atoms. The SMILES string of the molecule is C[C@@H]1Cc2ccccc2CN1C(=O)C1c2ccccc2CN1C(=O)OC(C)(C)C. The van der Waals surface area contributed by atoms with Crippen molar-refractivity contribution < 1.29 is 14.3 Å². The van der Waals surface area contributed by atoms with Crippen molar-refractivity contribution in [1.82, 2.24) is 9.80 Å². The minimum absolute atomic E-state index is 0.0391. The highest BCUT2D eigenvalue weighted by Gasteiger charge is 2.43. The molecule has 2 aromatic rings. The third-order valence-corrected chi connectivity index (χ3v) is 5.65. The maximum Gasteiger partial charge on any atom is 0.411 e. The van der Waals surface area contributed by atoms with Gasteiger partial charge in [0, 0.05) is 12.6 Å². The second-order valence-corrected chi connectivity index (χ2v) is 9.00. The number of carbonyl (C=O) groups is 2. The molecule has 0 aromatic heterocycles. The zero-order chi connectivity index (χ0) is 20.8. The standard InChI is InChI=1S/C24H28N2O3/c1-16-13-17-9-5-6-10-18(17)14-25(16)22(27)21-20-12-8-7-11-19(20)15-26(21)23(28)29-24(2,3)4/h5-12,16,21H,13-15H2,1-4H3/t16-,21?/m1/s1. The Labute approximate surface area is 172 Å². The van der Waals surface area contributed by atoms with Crippen molar-refractivity contribution in [2.75, 3.05) is 0 Å². The van der Waals surface area contributed by atoms with Crippen LogP contribution in [0.4, 0.5) is 4.79 Å². The molecule has 2 heterocycles. The molecule has 0 N–H and O–H groups in total. The van der Waals surface area contributed by atoms with Crippen LogP contribution >= 0.6 is 0 Å². The summed E-state index contributed by atoms with van der Waals surface area (Å²) in [5.74, 6) is -0.0391. The molecule has 2 aliphatic rings. The first-order valence-corrected chi connectivity index (χ1v) is 10.2. The van der Waals surface area contributed by atoms with Crippen molar-refractivity contribution in [1.29, 1.82) is 0 Å². The minimum atomic E-state index is -0.645. The summed E-state index contributed by atoms with van der Waals surface area (Å²) in [4.78, 5) is 30.2. The zero-order valence-corrected chi connectivity index (χ0v) is 17.5. The van der Waals surface area contributed by atoms with Crippen molar-refractivity contribution in [2.45, 2.75) is 64.9 Å². The second-order valence-electron chi connectivity index (χ2n) is 9.00. The van der Waals surface area contributed by atoms with Crippen LogP contribution in [-0.4, -0.2) is 33.4 Å². The number of fused-ring (bicyclic) bond motifs is 2. The fourth-order valence-corrected chi connectivity index (χ4v) is 4.28. The number of amides is 2. The van der Waals surface area contributed by atoms with Crippen LogP contribution in [-0.2, 0) is 29.0 Å². The zero-order valence-electron chi connectivity index (χ0n) is 17.5. The number of nitrogens with zero attached hydrogens (tertiary/aromatic N) is 2. The summed E-state index contributed by atoms with van der Waals surface area (Å²) in [7, 11) is 0. The van der Waals surface area contributed by atoms with E-state index in [0.717, 1.165) is 17.5 Å². The van der Waals surface area contributed by atoms with Gasteiger partial charge in [-0.25, -0.2) is 4.79 Å². The topological polar surface area (TPSA) is 49.9 Å². The molecule has 2 atom stereocenters. The van der Waals surface area contributed by atoms with Gasteiger partial charge in [0.2, 0.25) is 0 Å². The van der Waals surface area contributed by atoms with Gasteiger partial charge in [0.05, 0.1) is 6.54 Å². The van der Waals surface area contributed by atoms with Gasteiger partial charge in [-0.2, -0.15) is 0 Å². The van der Waals surface area contributed by atoms with Crippen molar-refractivity contribution in [3.05, 3.63) is 70.8 Å². The molecule has 152 valence electrons. The van der Waals surface area contributed by atoms with E-state index in [1.807, 2.05) is 62.1 Å². The van der Waals surface area contributed by atoms with E-state index in [1.165, 1.54) is 11.1 Å². The average molecular weight is 392 g/mol. The minimum Gasteiger partial charge on any atom is -0.444 e. The molecule has 1 unspecified atom stereocenters. The first-order valence-electron chi connectivity index (χ1n) is 10.2. The van der Waals surface area contributed by atoms with Gasteiger partial charge in [0.15, 0.2) is 0 Å². The van der Waals surface area contributed by atoms with Gasteiger partial charge < -0.3 is 9.64 Å². The highest BCUT2D eigenvalue weighted by molar-refractivity contribution is 5.89. The van der Waals surface area contributed by atoms with E-state index in [9.17, 15) is 9.59 Å². The maximum atomic E-state index is 13.7. The lowest BCUT2D eigenvalue weighted by molar-refractivity contribution is -0.140. The first kappa shape index (κ1) is 19.5. The number of ether oxygens (including phenoxy) is 1. The molecular formula is C24H28N2O3. The fourth-order valence-electron chi connectivity index (χ4n) is 4.28. The molecule has 0 radical (unpaired) electrons. The van der Waals surface area contributed by atoms with Crippen molar-refractivity contribution in [3.8, 4) is 0 Å². The van der Waals surface area contributed by atoms with Crippen LogP contribution < -0.4 is 0 Å². The lowest BCUT2D eigenvalue weighted by Gasteiger charge is -2.38. The Hall–Kier alpha value is -2.82. The Morgan fingerprint density at radius 2 is 1.48 bits per heavy atom. The number of hydrogen-bond acceptors (Lipinski definition) is 3. The van der Waals surface area contributed by atoms with Crippen LogP contribution in [0, 0.1) is 0 Å². The fraction of sp³-hybridized carbons (Fsp3) is 0.417. The molecule has 2 amide bonds. The maximum absolute atomic E-state index is 13.7. The van der Waals surface area contributed by atoms with E-state index in [0.29, 0.717) is 13.1 Å². The molecule has 5 nitrogen and oxygen atoms in total. The summed E-state index contributed by atoms with van der Waals surface area (Å²) in [6.45, 7) is 8.56. The van der Waals surface area contributed by atoms with Gasteiger partial charge in [-0.1, -0.05) is 48.5 Å². The van der Waals surface area contributed by atoms with Gasteiger partial charge in [-0.05, 0) is 56.4 Å². The highest BCUT2D eigenvalue weighted by atomic mass is 16.6. The summed E-state index contributed by atoms with van der Waals surface area (Å²) >= 11 is 0.